The fraction of sp³-hybridized carbons (Fsp3) is 0.0333. The Morgan fingerprint density at radius 2 is 1.41 bits per heavy atom. The number of nitrogens with two attached hydrogens (primary N) is 6. The summed E-state index contributed by atoms with van der Waals surface area (Å²) in [5, 5.41) is 29.8. The number of hydrazine groups is 1. The molecule has 0 aliphatic carbocycles. The molecule has 0 fully saturated rings. The van der Waals surface area contributed by atoms with Gasteiger partial charge in [-0.05, 0) is 54.6 Å². The minimum absolute atomic E-state index is 0. The predicted octanol–water partition coefficient (Wildman–Crippen LogP) is 1.63. The summed E-state index contributed by atoms with van der Waals surface area (Å²) in [5.41, 5.74) is 24.4. The summed E-state index contributed by atoms with van der Waals surface area (Å²) in [6.45, 7) is 1.08. The number of carboxylic acids is 1. The molecule has 0 atom stereocenters. The predicted molar refractivity (Wildman–Crippen MR) is 189 cm³/mol. The molecule has 0 bridgehead atoms. The maximum atomic E-state index is 12.6. The van der Waals surface area contributed by atoms with Crippen molar-refractivity contribution in [2.45, 2.75) is 6.92 Å². The van der Waals surface area contributed by atoms with Gasteiger partial charge < -0.3 is 49.3 Å². The second-order valence-corrected chi connectivity index (χ2v) is 9.03. The van der Waals surface area contributed by atoms with Crippen molar-refractivity contribution in [2.75, 3.05) is 33.6 Å². The second-order valence-electron chi connectivity index (χ2n) is 9.03. The molecular formula is C30H38N14O5. The monoisotopic (exact) mass is 674 g/mol. The highest BCUT2D eigenvalue weighted by Crippen LogP contribution is 2.23. The second kappa shape index (κ2) is 20.8. The third kappa shape index (κ3) is 14.7. The van der Waals surface area contributed by atoms with E-state index in [1.807, 2.05) is 48.5 Å². The van der Waals surface area contributed by atoms with Gasteiger partial charge in [-0.15, -0.1) is 0 Å². The highest BCUT2D eigenvalue weighted by atomic mass is 16.4. The van der Waals surface area contributed by atoms with Crippen LogP contribution in [0.5, 0.6) is 5.75 Å². The molecule has 19 nitrogen and oxygen atoms in total. The number of rotatable bonds is 4. The Balaban J connectivity index is 0.000000426. The number of fused-ring (bicyclic) bond motifs is 1. The van der Waals surface area contributed by atoms with Gasteiger partial charge in [-0.2, -0.15) is 15.1 Å². The van der Waals surface area contributed by atoms with E-state index in [0.717, 1.165) is 18.1 Å². The molecule has 3 heterocycles. The molecule has 0 saturated carbocycles. The number of aliphatic carboxylic acids is 1. The van der Waals surface area contributed by atoms with Gasteiger partial charge in [0.1, 0.15) is 17.4 Å². The number of para-hydroxylation sites is 1. The molecule has 258 valence electrons. The molecule has 3 aromatic heterocycles. The fourth-order valence-corrected chi connectivity index (χ4v) is 3.48. The number of hydrogen-bond acceptors (Lipinski definition) is 15. The van der Waals surface area contributed by atoms with Gasteiger partial charge in [0.05, 0.1) is 5.52 Å². The maximum Gasteiger partial charge on any atom is 0.300 e. The zero-order valence-electron chi connectivity index (χ0n) is 26.1. The number of carbonyl (C=O) groups excluding carboxylic acids is 1. The van der Waals surface area contributed by atoms with Crippen LogP contribution in [0.1, 0.15) is 17.4 Å². The number of phenolic OH excluding ortho intramolecular Hbond substituents is 1. The highest BCUT2D eigenvalue weighted by Gasteiger charge is 2.15. The lowest BCUT2D eigenvalue weighted by atomic mass is 10.1. The third-order valence-corrected chi connectivity index (χ3v) is 5.32. The summed E-state index contributed by atoms with van der Waals surface area (Å²) < 4.78 is 0. The summed E-state index contributed by atoms with van der Waals surface area (Å²) in [6.07, 6.45) is 3.08. The molecule has 6 rings (SSSR count). The summed E-state index contributed by atoms with van der Waals surface area (Å²) in [4.78, 5) is 36.8. The van der Waals surface area contributed by atoms with Crippen LogP contribution in [0.15, 0.2) is 97.3 Å². The van der Waals surface area contributed by atoms with E-state index in [9.17, 15) is 4.79 Å². The van der Waals surface area contributed by atoms with Crippen LogP contribution in [0.3, 0.4) is 0 Å². The first kappa shape index (κ1) is 39.9. The summed E-state index contributed by atoms with van der Waals surface area (Å²) >= 11 is 0. The lowest BCUT2D eigenvalue weighted by Gasteiger charge is -2.06. The minimum atomic E-state index is -0.833. The number of aromatic hydroxyl groups is 1. The van der Waals surface area contributed by atoms with Crippen LogP contribution in [0, 0.1) is 0 Å². The molecule has 0 saturated heterocycles. The summed E-state index contributed by atoms with van der Waals surface area (Å²) in [6, 6.07) is 24.6. The normalized spacial score (nSPS) is 9.20. The third-order valence-electron chi connectivity index (χ3n) is 5.32. The zero-order valence-corrected chi connectivity index (χ0v) is 26.1. The summed E-state index contributed by atoms with van der Waals surface area (Å²) in [5.74, 6) is 8.45. The van der Waals surface area contributed by atoms with E-state index in [4.69, 9.17) is 37.9 Å². The lowest BCUT2D eigenvalue weighted by Crippen LogP contribution is -2.12. The van der Waals surface area contributed by atoms with E-state index in [0.29, 0.717) is 34.1 Å². The first-order valence-electron chi connectivity index (χ1n) is 13.6. The molecule has 0 aliphatic heterocycles. The maximum absolute atomic E-state index is 12.6. The first-order valence-corrected chi connectivity index (χ1v) is 13.6. The molecule has 0 radical (unpaired) electrons. The van der Waals surface area contributed by atoms with Gasteiger partial charge in [0.15, 0.2) is 5.69 Å². The molecule has 0 aliphatic rings. The average Bonchev–Trinajstić information content (AvgIpc) is 3.46. The van der Waals surface area contributed by atoms with Crippen LogP contribution in [0.4, 0.5) is 40.6 Å². The van der Waals surface area contributed by atoms with Crippen molar-refractivity contribution in [1.29, 1.82) is 0 Å². The van der Waals surface area contributed by atoms with E-state index < -0.39 is 5.97 Å². The van der Waals surface area contributed by atoms with E-state index in [2.05, 4.69) is 52.5 Å². The number of H-pyrrole nitrogens is 1. The Morgan fingerprint density at radius 1 is 0.776 bits per heavy atom. The number of carbonyl (C=O) groups is 2. The Kier molecular flexibility index (Phi) is 17.0. The Hall–Kier alpha value is -7.09. The Morgan fingerprint density at radius 3 is 1.94 bits per heavy atom. The van der Waals surface area contributed by atoms with E-state index in [1.165, 1.54) is 12.3 Å². The van der Waals surface area contributed by atoms with Crippen LogP contribution in [-0.2, 0) is 4.79 Å². The largest absolute Gasteiger partial charge is 0.508 e. The average molecular weight is 675 g/mol. The Labute approximate surface area is 279 Å². The van der Waals surface area contributed by atoms with Gasteiger partial charge in [0.25, 0.3) is 11.9 Å². The topological polar surface area (TPSA) is 367 Å². The van der Waals surface area contributed by atoms with Crippen LogP contribution in [0.25, 0.3) is 10.9 Å². The molecular weight excluding hydrogens is 636 g/mol. The van der Waals surface area contributed by atoms with Gasteiger partial charge in [-0.1, -0.05) is 24.3 Å². The van der Waals surface area contributed by atoms with Crippen molar-refractivity contribution in [2.24, 2.45) is 11.7 Å². The van der Waals surface area contributed by atoms with E-state index >= 15 is 0 Å². The van der Waals surface area contributed by atoms with Gasteiger partial charge >= 0.3 is 0 Å². The number of nitrogens with zero attached hydrogens (tertiary/aromatic N) is 5. The Bertz CT molecular complexity index is 1810. The molecule has 0 spiro atoms. The lowest BCUT2D eigenvalue weighted by molar-refractivity contribution is -0.134. The number of hydrogen-bond donors (Lipinski definition) is 11. The highest BCUT2D eigenvalue weighted by molar-refractivity contribution is 6.11. The first-order chi connectivity index (χ1) is 23.0. The number of aromatic amines is 1. The number of amides is 1. The number of nitrogens with one attached hydrogen (secondary N) is 3. The number of carboxylic acid groups (broad SMARTS) is 1. The van der Waals surface area contributed by atoms with Gasteiger partial charge in [0, 0.05) is 47.8 Å². The van der Waals surface area contributed by atoms with Crippen molar-refractivity contribution in [3.8, 4) is 5.75 Å². The fourth-order valence-electron chi connectivity index (χ4n) is 3.48. The van der Waals surface area contributed by atoms with E-state index in [-0.39, 0.29) is 29.0 Å². The van der Waals surface area contributed by atoms with Gasteiger partial charge in [0.2, 0.25) is 11.9 Å². The molecule has 1 amide bonds. The number of anilines is 7. The molecule has 0 unspecified atom stereocenters. The standard InChI is InChI=1S/C18H15N7O.C6H7NO.C4H6N4.C2H4O2.H4N2.H2O/c19-18-20-9-8-15(23-18)21-12-6-7-14-13(10-12)16(25-24-14)17(26)22-11-4-2-1-3-5-11;7-5-2-1-3-6(8)4-5;5-3-1-2-7-4(6)8-3;1-2(3)4;1-2;/h1-10H,(H,22,26)(H,24,25)(H3,19,20,21,23);1-4,8H,7H2;1-2H,(H4,5,6,7,8);1H3,(H,3,4);1-2H2;1H2. The molecule has 19 N–H and O–H groups in total. The molecule has 49 heavy (non-hydrogen) atoms. The minimum Gasteiger partial charge on any atom is -0.508 e. The molecule has 6 aromatic rings. The van der Waals surface area contributed by atoms with Crippen molar-refractivity contribution >= 4 is 63.4 Å². The van der Waals surface area contributed by atoms with Crippen molar-refractivity contribution < 1.29 is 25.3 Å². The molecule has 19 heteroatoms. The van der Waals surface area contributed by atoms with Crippen LogP contribution in [0.2, 0.25) is 0 Å². The number of benzene rings is 3. The van der Waals surface area contributed by atoms with E-state index in [1.54, 1.807) is 36.5 Å². The zero-order chi connectivity index (χ0) is 35.5. The van der Waals surface area contributed by atoms with Crippen molar-refractivity contribution in [3.63, 3.8) is 0 Å². The number of nitrogen functional groups attached to an aromatic ring is 4. The molecule has 3 aromatic carbocycles. The number of aromatic nitrogens is 6. The van der Waals surface area contributed by atoms with Crippen molar-refractivity contribution in [1.82, 2.24) is 30.1 Å². The SMILES string of the molecule is CC(=O)O.NN.Nc1cccc(O)c1.Nc1ccnc(N)n1.Nc1nccc(Nc2ccc3[nH]nc(C(=O)Nc4ccccc4)c3c2)n1.O. The van der Waals surface area contributed by atoms with Gasteiger partial charge in [-0.3, -0.25) is 26.4 Å². The van der Waals surface area contributed by atoms with Crippen LogP contribution < -0.4 is 45.3 Å². The van der Waals surface area contributed by atoms with Crippen molar-refractivity contribution in [3.05, 3.63) is 103 Å². The van der Waals surface area contributed by atoms with Gasteiger partial charge in [-0.25, -0.2) is 9.97 Å². The number of phenols is 1. The van der Waals surface area contributed by atoms with Crippen LogP contribution >= 0.6 is 0 Å². The van der Waals surface area contributed by atoms with Crippen LogP contribution in [-0.4, -0.2) is 57.7 Å². The quantitative estimate of drug-likeness (QED) is 0.0718. The smallest absolute Gasteiger partial charge is 0.300 e. The summed E-state index contributed by atoms with van der Waals surface area (Å²) in [7, 11) is 0.